The largest absolute Gasteiger partial charge is 0.491 e. The van der Waals surface area contributed by atoms with Crippen LogP contribution in [0, 0.1) is 0 Å². The molecule has 7 heteroatoms. The number of hydrogen-bond donors (Lipinski definition) is 2. The molecule has 0 spiro atoms. The van der Waals surface area contributed by atoms with E-state index in [1.807, 2.05) is 41.3 Å². The van der Waals surface area contributed by atoms with Crippen molar-refractivity contribution >= 4 is 22.8 Å². The van der Waals surface area contributed by atoms with Crippen LogP contribution in [0.5, 0.6) is 5.75 Å². The fraction of sp³-hybridized carbons (Fsp3) is 0.400. The lowest BCUT2D eigenvalue weighted by Gasteiger charge is -2.25. The highest BCUT2D eigenvalue weighted by atomic mass is 16.5. The third-order valence-corrected chi connectivity index (χ3v) is 6.18. The van der Waals surface area contributed by atoms with Crippen molar-refractivity contribution in [1.29, 1.82) is 0 Å². The molecule has 1 aliphatic carbocycles. The zero-order valence-electron chi connectivity index (χ0n) is 18.0. The van der Waals surface area contributed by atoms with E-state index in [1.165, 1.54) is 0 Å². The molecule has 1 saturated heterocycles. The average Bonchev–Trinajstić information content (AvgIpc) is 3.34. The van der Waals surface area contributed by atoms with E-state index in [4.69, 9.17) is 4.74 Å². The van der Waals surface area contributed by atoms with Gasteiger partial charge in [-0.1, -0.05) is 12.1 Å². The second-order valence-corrected chi connectivity index (χ2v) is 8.67. The number of ether oxygens (including phenoxy) is 1. The molecule has 2 amide bonds. The van der Waals surface area contributed by atoms with Gasteiger partial charge in [-0.05, 0) is 62.1 Å². The summed E-state index contributed by atoms with van der Waals surface area (Å²) >= 11 is 0. The third-order valence-electron chi connectivity index (χ3n) is 6.18. The Bertz CT molecular complexity index is 1070. The van der Waals surface area contributed by atoms with Crippen molar-refractivity contribution in [2.75, 3.05) is 13.2 Å². The predicted molar refractivity (Wildman–Crippen MR) is 122 cm³/mol. The summed E-state index contributed by atoms with van der Waals surface area (Å²) in [5, 5.41) is 2.99. The molecule has 2 aliphatic rings. The molecule has 166 valence electrons. The highest BCUT2D eigenvalue weighted by Crippen LogP contribution is 2.22. The first kappa shape index (κ1) is 20.5. The highest BCUT2D eigenvalue weighted by molar-refractivity contribution is 5.94. The van der Waals surface area contributed by atoms with Crippen LogP contribution in [0.25, 0.3) is 11.0 Å². The summed E-state index contributed by atoms with van der Waals surface area (Å²) in [6, 6.07) is 15.5. The van der Waals surface area contributed by atoms with Gasteiger partial charge in [0, 0.05) is 31.0 Å². The van der Waals surface area contributed by atoms with Crippen LogP contribution < -0.4 is 10.1 Å². The molecule has 7 nitrogen and oxygen atoms in total. The van der Waals surface area contributed by atoms with E-state index in [0.29, 0.717) is 31.1 Å². The summed E-state index contributed by atoms with van der Waals surface area (Å²) in [5.74, 6) is 1.67. The van der Waals surface area contributed by atoms with Gasteiger partial charge in [0.1, 0.15) is 18.2 Å². The summed E-state index contributed by atoms with van der Waals surface area (Å²) in [7, 11) is 0. The number of para-hydroxylation sites is 2. The number of carbonyl (C=O) groups is 2. The first-order valence-corrected chi connectivity index (χ1v) is 11.4. The van der Waals surface area contributed by atoms with E-state index in [0.717, 1.165) is 54.8 Å². The lowest BCUT2D eigenvalue weighted by molar-refractivity contribution is -0.132. The van der Waals surface area contributed by atoms with Gasteiger partial charge in [0.05, 0.1) is 17.1 Å². The molecule has 1 aliphatic heterocycles. The van der Waals surface area contributed by atoms with Crippen LogP contribution in [0.15, 0.2) is 48.5 Å². The van der Waals surface area contributed by atoms with Gasteiger partial charge in [-0.15, -0.1) is 0 Å². The van der Waals surface area contributed by atoms with E-state index in [1.54, 1.807) is 12.1 Å². The van der Waals surface area contributed by atoms with Gasteiger partial charge >= 0.3 is 0 Å². The number of rotatable bonds is 8. The molecule has 1 atom stereocenters. The summed E-state index contributed by atoms with van der Waals surface area (Å²) < 4.78 is 5.96. The lowest BCUT2D eigenvalue weighted by Crippen LogP contribution is -2.39. The number of hydrogen-bond acceptors (Lipinski definition) is 4. The topological polar surface area (TPSA) is 87.3 Å². The number of H-pyrrole nitrogens is 1. The molecule has 1 unspecified atom stereocenters. The van der Waals surface area contributed by atoms with Crippen LogP contribution in [0.2, 0.25) is 0 Å². The van der Waals surface area contributed by atoms with Crippen molar-refractivity contribution in [3.63, 3.8) is 0 Å². The van der Waals surface area contributed by atoms with Gasteiger partial charge in [-0.2, -0.15) is 0 Å². The van der Waals surface area contributed by atoms with Crippen LogP contribution >= 0.6 is 0 Å². The number of nitrogens with zero attached hydrogens (tertiary/aromatic N) is 2. The Morgan fingerprint density at radius 1 is 1.09 bits per heavy atom. The molecule has 2 fully saturated rings. The molecule has 32 heavy (non-hydrogen) atoms. The van der Waals surface area contributed by atoms with E-state index >= 15 is 0 Å². The summed E-state index contributed by atoms with van der Waals surface area (Å²) in [6.07, 6.45) is 5.11. The van der Waals surface area contributed by atoms with Crippen molar-refractivity contribution in [3.8, 4) is 5.75 Å². The van der Waals surface area contributed by atoms with Crippen LogP contribution in [-0.4, -0.2) is 51.9 Å². The SMILES string of the molecule is O=C(NC1CC1)c1ccc(OCC2CCCN2C(=O)CCc2nc3ccccc3[nH]2)cc1. The standard InChI is InChI=1S/C25H28N4O3/c30-24(14-13-23-27-21-5-1-2-6-22(21)28-23)29-15-3-4-19(29)16-32-20-11-7-17(8-12-20)25(31)26-18-9-10-18/h1-2,5-8,11-12,18-19H,3-4,9-10,13-16H2,(H,26,31)(H,27,28). The number of imidazole rings is 1. The van der Waals surface area contributed by atoms with Gasteiger partial charge in [0.15, 0.2) is 0 Å². The Kier molecular flexibility index (Phi) is 5.79. The minimum atomic E-state index is -0.0314. The van der Waals surface area contributed by atoms with Crippen LogP contribution in [0.4, 0.5) is 0 Å². The van der Waals surface area contributed by atoms with Crippen molar-refractivity contribution in [2.24, 2.45) is 0 Å². The Morgan fingerprint density at radius 3 is 2.69 bits per heavy atom. The van der Waals surface area contributed by atoms with E-state index in [-0.39, 0.29) is 17.9 Å². The molecular weight excluding hydrogens is 404 g/mol. The smallest absolute Gasteiger partial charge is 0.251 e. The number of aryl methyl sites for hydroxylation is 1. The van der Waals surface area contributed by atoms with Crippen molar-refractivity contribution < 1.29 is 14.3 Å². The second kappa shape index (κ2) is 9.02. The number of benzene rings is 2. The maximum absolute atomic E-state index is 12.9. The Hall–Kier alpha value is -3.35. The quantitative estimate of drug-likeness (QED) is 0.571. The van der Waals surface area contributed by atoms with E-state index in [2.05, 4.69) is 15.3 Å². The van der Waals surface area contributed by atoms with Crippen molar-refractivity contribution in [2.45, 2.75) is 50.6 Å². The molecule has 0 radical (unpaired) electrons. The molecule has 2 N–H and O–H groups in total. The maximum atomic E-state index is 12.9. The number of carbonyl (C=O) groups excluding carboxylic acids is 2. The predicted octanol–water partition coefficient (Wildman–Crippen LogP) is 3.46. The van der Waals surface area contributed by atoms with E-state index < -0.39 is 0 Å². The molecular formula is C25H28N4O3. The zero-order valence-corrected chi connectivity index (χ0v) is 18.0. The highest BCUT2D eigenvalue weighted by Gasteiger charge is 2.29. The molecule has 2 aromatic carbocycles. The lowest BCUT2D eigenvalue weighted by atomic mass is 10.2. The minimum Gasteiger partial charge on any atom is -0.491 e. The number of aromatic amines is 1. The third kappa shape index (κ3) is 4.77. The molecule has 3 aromatic rings. The molecule has 1 aromatic heterocycles. The first-order valence-electron chi connectivity index (χ1n) is 11.4. The molecule has 2 heterocycles. The number of amides is 2. The van der Waals surface area contributed by atoms with Crippen LogP contribution in [0.3, 0.4) is 0 Å². The monoisotopic (exact) mass is 432 g/mol. The van der Waals surface area contributed by atoms with Gasteiger partial charge in [0.25, 0.3) is 5.91 Å². The minimum absolute atomic E-state index is 0.0314. The van der Waals surface area contributed by atoms with Crippen LogP contribution in [0.1, 0.15) is 48.3 Å². The zero-order chi connectivity index (χ0) is 21.9. The fourth-order valence-corrected chi connectivity index (χ4v) is 4.22. The summed E-state index contributed by atoms with van der Waals surface area (Å²) in [4.78, 5) is 34.8. The van der Waals surface area contributed by atoms with Crippen molar-refractivity contribution in [1.82, 2.24) is 20.2 Å². The Morgan fingerprint density at radius 2 is 1.91 bits per heavy atom. The Labute approximate surface area is 187 Å². The normalized spacial score (nSPS) is 18.1. The average molecular weight is 433 g/mol. The first-order chi connectivity index (χ1) is 15.7. The van der Waals surface area contributed by atoms with Gasteiger partial charge < -0.3 is 19.9 Å². The van der Waals surface area contributed by atoms with Crippen molar-refractivity contribution in [3.05, 3.63) is 59.9 Å². The van der Waals surface area contributed by atoms with Gasteiger partial charge in [0.2, 0.25) is 5.91 Å². The number of fused-ring (bicyclic) bond motifs is 1. The summed E-state index contributed by atoms with van der Waals surface area (Å²) in [5.41, 5.74) is 2.57. The van der Waals surface area contributed by atoms with Crippen LogP contribution in [-0.2, 0) is 11.2 Å². The Balaban J connectivity index is 1.12. The fourth-order valence-electron chi connectivity index (χ4n) is 4.22. The van der Waals surface area contributed by atoms with E-state index in [9.17, 15) is 9.59 Å². The summed E-state index contributed by atoms with van der Waals surface area (Å²) in [6.45, 7) is 1.23. The maximum Gasteiger partial charge on any atom is 0.251 e. The van der Waals surface area contributed by atoms with Gasteiger partial charge in [-0.25, -0.2) is 4.98 Å². The molecule has 0 bridgehead atoms. The number of aromatic nitrogens is 2. The second-order valence-electron chi connectivity index (χ2n) is 8.67. The molecule has 1 saturated carbocycles. The number of likely N-dealkylation sites (tertiary alicyclic amines) is 1. The molecule has 5 rings (SSSR count). The van der Waals surface area contributed by atoms with Gasteiger partial charge in [-0.3, -0.25) is 9.59 Å². The number of nitrogens with one attached hydrogen (secondary N) is 2.